The van der Waals surface area contributed by atoms with Crippen LogP contribution in [0.5, 0.6) is 0 Å². The molecule has 0 saturated carbocycles. The van der Waals surface area contributed by atoms with Crippen molar-refractivity contribution >= 4 is 53.4 Å². The molecule has 0 spiro atoms. The molecule has 5 nitrogen and oxygen atoms in total. The van der Waals surface area contributed by atoms with Crippen LogP contribution < -0.4 is 0 Å². The van der Waals surface area contributed by atoms with Gasteiger partial charge in [0.05, 0.1) is 5.52 Å². The number of fused-ring (bicyclic) bond motifs is 7. The molecule has 4 aromatic carbocycles. The van der Waals surface area contributed by atoms with E-state index in [1.807, 2.05) is 47.9 Å². The molecule has 0 unspecified atom stereocenters. The first kappa shape index (κ1) is 21.2. The van der Waals surface area contributed by atoms with E-state index < -0.39 is 0 Å². The van der Waals surface area contributed by atoms with E-state index in [0.717, 1.165) is 28.0 Å². The van der Waals surface area contributed by atoms with Crippen LogP contribution in [0.4, 0.5) is 0 Å². The first-order valence-electron chi connectivity index (χ1n) is 12.4. The third kappa shape index (κ3) is 3.17. The van der Waals surface area contributed by atoms with E-state index in [0.29, 0.717) is 11.6 Å². The summed E-state index contributed by atoms with van der Waals surface area (Å²) in [6, 6.07) is 35.5. The lowest BCUT2D eigenvalue weighted by Crippen LogP contribution is -1.97. The van der Waals surface area contributed by atoms with E-state index in [1.54, 1.807) is 6.33 Å². The summed E-state index contributed by atoms with van der Waals surface area (Å²) in [5.41, 5.74) is 5.06. The number of hydrogen-bond donors (Lipinski definition) is 0. The van der Waals surface area contributed by atoms with Gasteiger partial charge in [-0.3, -0.25) is 4.57 Å². The third-order valence-corrected chi connectivity index (χ3v) is 8.22. The zero-order valence-electron chi connectivity index (χ0n) is 20.1. The Morgan fingerprint density at radius 2 is 1.26 bits per heavy atom. The second-order valence-electron chi connectivity index (χ2n) is 9.20. The third-order valence-electron chi connectivity index (χ3n) is 7.01. The zero-order valence-corrected chi connectivity index (χ0v) is 20.9. The van der Waals surface area contributed by atoms with Crippen molar-refractivity contribution in [3.05, 3.63) is 116 Å². The van der Waals surface area contributed by atoms with Crippen molar-refractivity contribution in [2.45, 2.75) is 0 Å². The molecule has 0 aliphatic carbocycles. The first-order valence-corrected chi connectivity index (χ1v) is 13.2. The SMILES string of the molecule is c1ccc(-c2ncnc(-c3ccc(-n4c5ccccc5c5c6sc7ccccc7c6cnc54)cc3)n2)cc1. The van der Waals surface area contributed by atoms with Gasteiger partial charge in [0.25, 0.3) is 0 Å². The van der Waals surface area contributed by atoms with Gasteiger partial charge in [-0.15, -0.1) is 11.3 Å². The van der Waals surface area contributed by atoms with Crippen LogP contribution in [0, 0.1) is 0 Å². The number of rotatable bonds is 3. The standard InChI is InChI=1S/C32H19N5S/c1-2-8-20(9-3-1)30-34-19-35-31(36-30)21-14-16-22(17-15-21)37-26-12-6-4-11-24(26)28-29-25(18-33-32(28)37)23-10-5-7-13-27(23)38-29/h1-19H. The maximum Gasteiger partial charge on any atom is 0.163 e. The summed E-state index contributed by atoms with van der Waals surface area (Å²) in [6.45, 7) is 0. The number of para-hydroxylation sites is 1. The predicted octanol–water partition coefficient (Wildman–Crippen LogP) is 8.07. The lowest BCUT2D eigenvalue weighted by Gasteiger charge is -2.08. The number of nitrogens with zero attached hydrogens (tertiary/aromatic N) is 5. The van der Waals surface area contributed by atoms with Gasteiger partial charge in [-0.2, -0.15) is 0 Å². The smallest absolute Gasteiger partial charge is 0.163 e. The van der Waals surface area contributed by atoms with Crippen LogP contribution in [0.3, 0.4) is 0 Å². The van der Waals surface area contributed by atoms with E-state index in [9.17, 15) is 0 Å². The van der Waals surface area contributed by atoms with E-state index in [4.69, 9.17) is 9.97 Å². The highest BCUT2D eigenvalue weighted by molar-refractivity contribution is 7.26. The molecule has 0 atom stereocenters. The van der Waals surface area contributed by atoms with Crippen LogP contribution in [0.15, 0.2) is 116 Å². The number of hydrogen-bond acceptors (Lipinski definition) is 5. The highest BCUT2D eigenvalue weighted by atomic mass is 32.1. The summed E-state index contributed by atoms with van der Waals surface area (Å²) in [6.07, 6.45) is 3.60. The molecule has 0 fully saturated rings. The Hall–Kier alpha value is -4.94. The molecule has 0 amide bonds. The van der Waals surface area contributed by atoms with Crippen LogP contribution in [0.25, 0.3) is 70.6 Å². The van der Waals surface area contributed by atoms with Crippen molar-refractivity contribution in [2.75, 3.05) is 0 Å². The Labute approximate surface area is 221 Å². The molecule has 0 bridgehead atoms. The van der Waals surface area contributed by atoms with Crippen LogP contribution in [-0.2, 0) is 0 Å². The second kappa shape index (κ2) is 8.30. The van der Waals surface area contributed by atoms with Crippen molar-refractivity contribution in [1.82, 2.24) is 24.5 Å². The zero-order chi connectivity index (χ0) is 25.1. The number of pyridine rings is 1. The number of thiophene rings is 1. The fourth-order valence-electron chi connectivity index (χ4n) is 5.26. The molecule has 0 N–H and O–H groups in total. The van der Waals surface area contributed by atoms with Gasteiger partial charge in [0.2, 0.25) is 0 Å². The maximum atomic E-state index is 5.01. The quantitative estimate of drug-likeness (QED) is 0.244. The fraction of sp³-hybridized carbons (Fsp3) is 0. The average molecular weight is 506 g/mol. The molecule has 0 aliphatic rings. The molecule has 38 heavy (non-hydrogen) atoms. The van der Waals surface area contributed by atoms with Crippen LogP contribution in [0.1, 0.15) is 0 Å². The average Bonchev–Trinajstić information content (AvgIpc) is 3.54. The Bertz CT molecular complexity index is 2130. The molecular weight excluding hydrogens is 486 g/mol. The van der Waals surface area contributed by atoms with Crippen LogP contribution >= 0.6 is 11.3 Å². The lowest BCUT2D eigenvalue weighted by atomic mass is 10.1. The first-order chi connectivity index (χ1) is 18.8. The molecule has 0 radical (unpaired) electrons. The van der Waals surface area contributed by atoms with Gasteiger partial charge in [-0.1, -0.05) is 66.7 Å². The minimum Gasteiger partial charge on any atom is -0.294 e. The van der Waals surface area contributed by atoms with Gasteiger partial charge in [0.1, 0.15) is 12.0 Å². The monoisotopic (exact) mass is 505 g/mol. The summed E-state index contributed by atoms with van der Waals surface area (Å²) in [5.74, 6) is 1.32. The van der Waals surface area contributed by atoms with Crippen LogP contribution in [-0.4, -0.2) is 24.5 Å². The topological polar surface area (TPSA) is 56.5 Å². The summed E-state index contributed by atoms with van der Waals surface area (Å²) in [4.78, 5) is 18.5. The van der Waals surface area contributed by atoms with Crippen molar-refractivity contribution in [3.8, 4) is 28.5 Å². The molecule has 4 heterocycles. The molecule has 6 heteroatoms. The van der Waals surface area contributed by atoms with E-state index >= 15 is 0 Å². The number of aromatic nitrogens is 5. The summed E-state index contributed by atoms with van der Waals surface area (Å²) < 4.78 is 4.81. The van der Waals surface area contributed by atoms with Crippen molar-refractivity contribution in [1.29, 1.82) is 0 Å². The van der Waals surface area contributed by atoms with Crippen LogP contribution in [0.2, 0.25) is 0 Å². The highest BCUT2D eigenvalue weighted by Crippen LogP contribution is 2.42. The van der Waals surface area contributed by atoms with Crippen molar-refractivity contribution < 1.29 is 0 Å². The summed E-state index contributed by atoms with van der Waals surface area (Å²) >= 11 is 1.84. The molecule has 0 aliphatic heterocycles. The molecular formula is C32H19N5S. The highest BCUT2D eigenvalue weighted by Gasteiger charge is 2.18. The van der Waals surface area contributed by atoms with Gasteiger partial charge >= 0.3 is 0 Å². The van der Waals surface area contributed by atoms with Gasteiger partial charge in [0, 0.05) is 54.0 Å². The summed E-state index contributed by atoms with van der Waals surface area (Å²) in [5, 5.41) is 4.88. The van der Waals surface area contributed by atoms with Crippen molar-refractivity contribution in [2.24, 2.45) is 0 Å². The fourth-order valence-corrected chi connectivity index (χ4v) is 6.49. The molecule has 8 aromatic rings. The molecule has 4 aromatic heterocycles. The number of benzene rings is 4. The largest absolute Gasteiger partial charge is 0.294 e. The maximum absolute atomic E-state index is 5.01. The minimum absolute atomic E-state index is 0.651. The van der Waals surface area contributed by atoms with E-state index in [1.165, 1.54) is 30.9 Å². The Kier molecular flexibility index (Phi) is 4.62. The Morgan fingerprint density at radius 3 is 2.08 bits per heavy atom. The van der Waals surface area contributed by atoms with Gasteiger partial charge in [-0.05, 0) is 36.4 Å². The minimum atomic E-state index is 0.651. The predicted molar refractivity (Wildman–Crippen MR) is 156 cm³/mol. The van der Waals surface area contributed by atoms with Gasteiger partial charge < -0.3 is 0 Å². The normalized spacial score (nSPS) is 11.7. The molecule has 178 valence electrons. The van der Waals surface area contributed by atoms with Gasteiger partial charge in [-0.25, -0.2) is 19.9 Å². The molecule has 0 saturated heterocycles. The van der Waals surface area contributed by atoms with E-state index in [-0.39, 0.29) is 0 Å². The Morgan fingerprint density at radius 1 is 0.579 bits per heavy atom. The Balaban J connectivity index is 1.30. The lowest BCUT2D eigenvalue weighted by molar-refractivity contribution is 1.06. The summed E-state index contributed by atoms with van der Waals surface area (Å²) in [7, 11) is 0. The van der Waals surface area contributed by atoms with Gasteiger partial charge in [0.15, 0.2) is 11.6 Å². The van der Waals surface area contributed by atoms with E-state index in [2.05, 4.69) is 87.3 Å². The van der Waals surface area contributed by atoms with Crippen molar-refractivity contribution in [3.63, 3.8) is 0 Å². The second-order valence-corrected chi connectivity index (χ2v) is 10.2. The molecule has 8 rings (SSSR count).